The molecule has 1 N–H and O–H groups in total. The monoisotopic (exact) mass is 254 g/mol. The van der Waals surface area contributed by atoms with Crippen LogP contribution < -0.4 is 0 Å². The maximum atomic E-state index is 9.48. The summed E-state index contributed by atoms with van der Waals surface area (Å²) in [7, 11) is -0.436. The van der Waals surface area contributed by atoms with Crippen LogP contribution in [0.1, 0.15) is 31.4 Å². The van der Waals surface area contributed by atoms with Gasteiger partial charge in [0.1, 0.15) is 5.75 Å². The average Bonchev–Trinajstić information content (AvgIpc) is 2.23. The standard InChI is InChI=1S/C15H26OS/c1-12(2)17(4,5)10-6-7-14-8-9-15(16)13(3)11-14/h8-9,11-12,16H,6-7,10H2,1-5H3. The molecule has 0 saturated carbocycles. The smallest absolute Gasteiger partial charge is 0.118 e. The number of rotatable bonds is 5. The Balaban J connectivity index is 2.49. The van der Waals surface area contributed by atoms with Crippen molar-refractivity contribution in [2.75, 3.05) is 18.3 Å². The van der Waals surface area contributed by atoms with E-state index in [9.17, 15) is 5.11 Å². The van der Waals surface area contributed by atoms with Crippen LogP contribution in [0.2, 0.25) is 0 Å². The molecule has 0 saturated heterocycles. The van der Waals surface area contributed by atoms with Crippen molar-refractivity contribution in [2.45, 2.75) is 38.9 Å². The third-order valence-corrected chi connectivity index (χ3v) is 7.57. The maximum Gasteiger partial charge on any atom is 0.118 e. The van der Waals surface area contributed by atoms with Gasteiger partial charge in [-0.2, -0.15) is 0 Å². The summed E-state index contributed by atoms with van der Waals surface area (Å²) in [5.41, 5.74) is 2.33. The quantitative estimate of drug-likeness (QED) is 0.838. The fourth-order valence-corrected chi connectivity index (χ4v) is 3.12. The van der Waals surface area contributed by atoms with Gasteiger partial charge in [-0.1, -0.05) is 26.0 Å². The van der Waals surface area contributed by atoms with E-state index in [0.29, 0.717) is 5.75 Å². The van der Waals surface area contributed by atoms with Gasteiger partial charge in [0.05, 0.1) is 0 Å². The van der Waals surface area contributed by atoms with Crippen LogP contribution in [0, 0.1) is 6.92 Å². The molecule has 1 aromatic carbocycles. The van der Waals surface area contributed by atoms with Crippen LogP contribution in [0.3, 0.4) is 0 Å². The lowest BCUT2D eigenvalue weighted by atomic mass is 10.1. The number of aryl methyl sites for hydroxylation is 2. The van der Waals surface area contributed by atoms with Crippen LogP contribution in [0.15, 0.2) is 18.2 Å². The predicted octanol–water partition coefficient (Wildman–Crippen LogP) is 4.11. The highest BCUT2D eigenvalue weighted by Gasteiger charge is 2.15. The van der Waals surface area contributed by atoms with Crippen molar-refractivity contribution in [1.82, 2.24) is 0 Å². The summed E-state index contributed by atoms with van der Waals surface area (Å²) in [6.45, 7) is 6.63. The number of hydrogen-bond donors (Lipinski definition) is 1. The number of aromatic hydroxyl groups is 1. The summed E-state index contributed by atoms with van der Waals surface area (Å²) in [5, 5.41) is 10.3. The Labute approximate surface area is 108 Å². The first kappa shape index (κ1) is 14.4. The van der Waals surface area contributed by atoms with Gasteiger partial charge in [-0.25, -0.2) is 10.0 Å². The van der Waals surface area contributed by atoms with E-state index in [0.717, 1.165) is 17.2 Å². The van der Waals surface area contributed by atoms with Crippen molar-refractivity contribution in [3.63, 3.8) is 0 Å². The van der Waals surface area contributed by atoms with Crippen molar-refractivity contribution in [1.29, 1.82) is 0 Å². The van der Waals surface area contributed by atoms with Crippen molar-refractivity contribution < 1.29 is 5.11 Å². The van der Waals surface area contributed by atoms with Gasteiger partial charge in [-0.15, -0.1) is 0 Å². The highest BCUT2D eigenvalue weighted by atomic mass is 32.3. The number of benzene rings is 1. The Hall–Kier alpha value is -0.630. The number of phenols is 1. The second kappa shape index (κ2) is 5.81. The van der Waals surface area contributed by atoms with E-state index < -0.39 is 10.0 Å². The van der Waals surface area contributed by atoms with Gasteiger partial charge in [0, 0.05) is 0 Å². The maximum absolute atomic E-state index is 9.48. The summed E-state index contributed by atoms with van der Waals surface area (Å²) in [5.74, 6) is 1.74. The molecular weight excluding hydrogens is 228 g/mol. The van der Waals surface area contributed by atoms with Gasteiger partial charge in [0.25, 0.3) is 0 Å². The van der Waals surface area contributed by atoms with Crippen molar-refractivity contribution in [2.24, 2.45) is 0 Å². The van der Waals surface area contributed by atoms with Crippen LogP contribution in [0.5, 0.6) is 5.75 Å². The largest absolute Gasteiger partial charge is 0.508 e. The van der Waals surface area contributed by atoms with E-state index >= 15 is 0 Å². The summed E-state index contributed by atoms with van der Waals surface area (Å²) in [6.07, 6.45) is 7.24. The van der Waals surface area contributed by atoms with E-state index in [2.05, 4.69) is 32.4 Å². The molecule has 0 amide bonds. The van der Waals surface area contributed by atoms with Crippen LogP contribution >= 0.6 is 10.0 Å². The summed E-state index contributed by atoms with van der Waals surface area (Å²) >= 11 is 0. The molecule has 0 aromatic heterocycles. The zero-order valence-electron chi connectivity index (χ0n) is 11.8. The van der Waals surface area contributed by atoms with Gasteiger partial charge in [-0.3, -0.25) is 0 Å². The molecule has 0 aliphatic carbocycles. The molecule has 0 unspecified atom stereocenters. The molecule has 1 rings (SSSR count). The lowest BCUT2D eigenvalue weighted by Crippen LogP contribution is -2.13. The lowest BCUT2D eigenvalue weighted by molar-refractivity contribution is 0.471. The molecule has 0 spiro atoms. The van der Waals surface area contributed by atoms with Crippen LogP contribution in [0.4, 0.5) is 0 Å². The Morgan fingerprint density at radius 1 is 1.24 bits per heavy atom. The molecule has 1 nitrogen and oxygen atoms in total. The minimum Gasteiger partial charge on any atom is -0.508 e. The third-order valence-electron chi connectivity index (χ3n) is 3.67. The molecule has 0 aliphatic rings. The lowest BCUT2D eigenvalue weighted by Gasteiger charge is -2.36. The molecule has 0 aliphatic heterocycles. The first-order chi connectivity index (χ1) is 7.83. The zero-order valence-corrected chi connectivity index (χ0v) is 12.6. The van der Waals surface area contributed by atoms with E-state index in [1.807, 2.05) is 19.1 Å². The zero-order chi connectivity index (χ0) is 13.1. The minimum absolute atomic E-state index is 0.405. The van der Waals surface area contributed by atoms with Gasteiger partial charge in [0.2, 0.25) is 0 Å². The van der Waals surface area contributed by atoms with Crippen molar-refractivity contribution in [3.05, 3.63) is 29.3 Å². The summed E-state index contributed by atoms with van der Waals surface area (Å²) < 4.78 is 0. The fourth-order valence-electron chi connectivity index (χ4n) is 1.76. The Bertz CT molecular complexity index is 369. The van der Waals surface area contributed by atoms with Crippen LogP contribution in [-0.4, -0.2) is 28.6 Å². The Morgan fingerprint density at radius 2 is 1.88 bits per heavy atom. The van der Waals surface area contributed by atoms with E-state index in [1.54, 1.807) is 0 Å². The normalized spacial score (nSPS) is 13.1. The molecule has 17 heavy (non-hydrogen) atoms. The molecule has 1 aromatic rings. The molecule has 0 fully saturated rings. The molecule has 98 valence electrons. The topological polar surface area (TPSA) is 20.2 Å². The molecule has 0 bridgehead atoms. The van der Waals surface area contributed by atoms with E-state index in [4.69, 9.17) is 0 Å². The molecule has 2 heteroatoms. The second-order valence-electron chi connectivity index (χ2n) is 5.60. The minimum atomic E-state index is -0.436. The van der Waals surface area contributed by atoms with Gasteiger partial charge < -0.3 is 5.11 Å². The second-order valence-corrected chi connectivity index (χ2v) is 10.2. The van der Waals surface area contributed by atoms with Crippen molar-refractivity contribution >= 4 is 10.0 Å². The third kappa shape index (κ3) is 4.27. The van der Waals surface area contributed by atoms with Crippen LogP contribution in [0.25, 0.3) is 0 Å². The average molecular weight is 254 g/mol. The summed E-state index contributed by atoms with van der Waals surface area (Å²) in [6, 6.07) is 5.96. The highest BCUT2D eigenvalue weighted by molar-refractivity contribution is 8.33. The first-order valence-electron chi connectivity index (χ1n) is 6.31. The number of phenolic OH excluding ortho intramolecular Hbond substituents is 1. The van der Waals surface area contributed by atoms with Gasteiger partial charge in [-0.05, 0) is 60.5 Å². The fraction of sp³-hybridized carbons (Fsp3) is 0.600. The van der Waals surface area contributed by atoms with E-state index in [-0.39, 0.29) is 0 Å². The first-order valence-corrected chi connectivity index (χ1v) is 8.99. The Morgan fingerprint density at radius 3 is 2.41 bits per heavy atom. The van der Waals surface area contributed by atoms with Gasteiger partial charge in [0.15, 0.2) is 0 Å². The molecule has 0 atom stereocenters. The van der Waals surface area contributed by atoms with Crippen LogP contribution in [-0.2, 0) is 6.42 Å². The van der Waals surface area contributed by atoms with E-state index in [1.165, 1.54) is 17.7 Å². The molecule has 0 radical (unpaired) electrons. The van der Waals surface area contributed by atoms with Gasteiger partial charge >= 0.3 is 0 Å². The highest BCUT2D eigenvalue weighted by Crippen LogP contribution is 2.45. The molecule has 0 heterocycles. The summed E-state index contributed by atoms with van der Waals surface area (Å²) in [4.78, 5) is 0. The predicted molar refractivity (Wildman–Crippen MR) is 80.6 cm³/mol. The van der Waals surface area contributed by atoms with Crippen molar-refractivity contribution in [3.8, 4) is 5.75 Å². The molecular formula is C15H26OS. The SMILES string of the molecule is Cc1cc(CCCS(C)(C)C(C)C)ccc1O. The Kier molecular flexibility index (Phi) is 4.93. The number of hydrogen-bond acceptors (Lipinski definition) is 1.